The van der Waals surface area contributed by atoms with E-state index in [4.69, 9.17) is 4.98 Å². The van der Waals surface area contributed by atoms with E-state index in [0.717, 1.165) is 36.2 Å². The van der Waals surface area contributed by atoms with Gasteiger partial charge in [0.15, 0.2) is 5.82 Å². The van der Waals surface area contributed by atoms with Gasteiger partial charge < -0.3 is 9.88 Å². The van der Waals surface area contributed by atoms with Gasteiger partial charge in [-0.1, -0.05) is 6.07 Å². The van der Waals surface area contributed by atoms with Crippen molar-refractivity contribution >= 4 is 17.0 Å². The largest absolute Gasteiger partial charge is 0.340 e. The Bertz CT molecular complexity index is 811. The highest BCUT2D eigenvalue weighted by Crippen LogP contribution is 2.33. The number of aromatic amines is 1. The number of halogens is 1. The molecule has 4 rings (SSSR count). The third-order valence-electron chi connectivity index (χ3n) is 4.09. The first kappa shape index (κ1) is 13.2. The van der Waals surface area contributed by atoms with Crippen LogP contribution >= 0.6 is 0 Å². The number of fused-ring (bicyclic) bond motifs is 1. The molecule has 0 spiro atoms. The van der Waals surface area contributed by atoms with Gasteiger partial charge in [0.1, 0.15) is 5.82 Å². The Morgan fingerprint density at radius 3 is 2.91 bits per heavy atom. The highest BCUT2D eigenvalue weighted by atomic mass is 19.1. The van der Waals surface area contributed by atoms with Crippen LogP contribution in [-0.4, -0.2) is 26.5 Å². The fourth-order valence-electron chi connectivity index (χ4n) is 3.05. The van der Waals surface area contributed by atoms with E-state index in [-0.39, 0.29) is 6.04 Å². The number of rotatable bonds is 2. The van der Waals surface area contributed by atoms with Crippen LogP contribution in [0.1, 0.15) is 30.3 Å². The maximum atomic E-state index is 13.0. The van der Waals surface area contributed by atoms with Crippen LogP contribution in [0.3, 0.4) is 0 Å². The van der Waals surface area contributed by atoms with Gasteiger partial charge in [-0.15, -0.1) is 0 Å². The third-order valence-corrected chi connectivity index (χ3v) is 4.09. The van der Waals surface area contributed by atoms with Gasteiger partial charge in [-0.25, -0.2) is 19.3 Å². The Morgan fingerprint density at radius 2 is 2.09 bits per heavy atom. The number of hydrogen-bond donors (Lipinski definition) is 1. The van der Waals surface area contributed by atoms with Gasteiger partial charge in [-0.3, -0.25) is 0 Å². The first-order chi connectivity index (χ1) is 10.7. The molecule has 1 aliphatic rings. The number of anilines is 1. The molecule has 1 fully saturated rings. The lowest BCUT2D eigenvalue weighted by atomic mass is 10.2. The molecule has 0 bridgehead atoms. The molecule has 1 atom stereocenters. The van der Waals surface area contributed by atoms with Crippen molar-refractivity contribution in [1.82, 2.24) is 19.9 Å². The Kier molecular flexibility index (Phi) is 3.03. The molecule has 1 aliphatic heterocycles. The quantitative estimate of drug-likeness (QED) is 0.789. The van der Waals surface area contributed by atoms with E-state index in [2.05, 4.69) is 38.9 Å². The molecule has 0 unspecified atom stereocenters. The molecule has 0 saturated carbocycles. The first-order valence-corrected chi connectivity index (χ1v) is 7.41. The highest BCUT2D eigenvalue weighted by Gasteiger charge is 2.30. The summed E-state index contributed by atoms with van der Waals surface area (Å²) in [6.07, 6.45) is 4.44. The van der Waals surface area contributed by atoms with E-state index in [9.17, 15) is 4.39 Å². The van der Waals surface area contributed by atoms with Gasteiger partial charge >= 0.3 is 0 Å². The van der Waals surface area contributed by atoms with Gasteiger partial charge in [-0.2, -0.15) is 0 Å². The highest BCUT2D eigenvalue weighted by molar-refractivity contribution is 5.76. The first-order valence-electron chi connectivity index (χ1n) is 7.41. The van der Waals surface area contributed by atoms with Crippen molar-refractivity contribution < 1.29 is 4.39 Å². The molecule has 1 saturated heterocycles. The summed E-state index contributed by atoms with van der Waals surface area (Å²) in [5, 5.41) is 0. The summed E-state index contributed by atoms with van der Waals surface area (Å²) in [4.78, 5) is 18.4. The minimum absolute atomic E-state index is 0.109. The van der Waals surface area contributed by atoms with E-state index < -0.39 is 5.82 Å². The van der Waals surface area contributed by atoms with Crippen LogP contribution in [0.5, 0.6) is 0 Å². The average molecular weight is 297 g/mol. The van der Waals surface area contributed by atoms with Crippen LogP contribution in [0.15, 0.2) is 30.6 Å². The lowest BCUT2D eigenvalue weighted by molar-refractivity contribution is 0.606. The minimum atomic E-state index is -0.418. The Labute approximate surface area is 127 Å². The van der Waals surface area contributed by atoms with Crippen molar-refractivity contribution in [3.8, 4) is 0 Å². The number of H-pyrrole nitrogens is 1. The van der Waals surface area contributed by atoms with E-state index in [1.165, 1.54) is 18.0 Å². The SMILES string of the molecule is Cc1ccc2nc([C@@H]3CCCN3c3ncc(F)cn3)[nH]c2c1. The molecule has 0 amide bonds. The second kappa shape index (κ2) is 5.05. The standard InChI is InChI=1S/C16H16FN5/c1-10-4-5-12-13(7-10)21-15(20-12)14-3-2-6-22(14)16-18-8-11(17)9-19-16/h4-5,7-9,14H,2-3,6H2,1H3,(H,20,21)/t14-/m0/s1. The molecule has 5 nitrogen and oxygen atoms in total. The lowest BCUT2D eigenvalue weighted by Crippen LogP contribution is -2.25. The molecule has 2 aromatic heterocycles. The molecule has 3 heterocycles. The van der Waals surface area contributed by atoms with E-state index in [1.807, 2.05) is 6.07 Å². The molecule has 0 aliphatic carbocycles. The lowest BCUT2D eigenvalue weighted by Gasteiger charge is -2.22. The van der Waals surface area contributed by atoms with Crippen molar-refractivity contribution in [1.29, 1.82) is 0 Å². The second-order valence-electron chi connectivity index (χ2n) is 5.70. The topological polar surface area (TPSA) is 57.7 Å². The number of nitrogens with zero attached hydrogens (tertiary/aromatic N) is 4. The van der Waals surface area contributed by atoms with E-state index in [0.29, 0.717) is 5.95 Å². The fourth-order valence-corrected chi connectivity index (χ4v) is 3.05. The second-order valence-corrected chi connectivity index (χ2v) is 5.70. The maximum Gasteiger partial charge on any atom is 0.226 e. The zero-order valence-corrected chi connectivity index (χ0v) is 12.3. The van der Waals surface area contributed by atoms with Crippen LogP contribution < -0.4 is 4.90 Å². The third kappa shape index (κ3) is 2.20. The van der Waals surface area contributed by atoms with Gasteiger partial charge in [0, 0.05) is 6.54 Å². The number of aryl methyl sites for hydroxylation is 1. The van der Waals surface area contributed by atoms with Crippen molar-refractivity contribution in [2.45, 2.75) is 25.8 Å². The molecule has 6 heteroatoms. The Morgan fingerprint density at radius 1 is 1.27 bits per heavy atom. The monoisotopic (exact) mass is 297 g/mol. The van der Waals surface area contributed by atoms with Crippen molar-refractivity contribution in [2.75, 3.05) is 11.4 Å². The zero-order valence-electron chi connectivity index (χ0n) is 12.3. The summed E-state index contributed by atoms with van der Waals surface area (Å²) >= 11 is 0. The predicted molar refractivity (Wildman–Crippen MR) is 82.1 cm³/mol. The van der Waals surface area contributed by atoms with Crippen LogP contribution in [0.25, 0.3) is 11.0 Å². The molecular formula is C16H16FN5. The van der Waals surface area contributed by atoms with Gasteiger partial charge in [0.25, 0.3) is 0 Å². The summed E-state index contributed by atoms with van der Waals surface area (Å²) in [5.74, 6) is 1.06. The van der Waals surface area contributed by atoms with E-state index >= 15 is 0 Å². The summed E-state index contributed by atoms with van der Waals surface area (Å²) in [6, 6.07) is 6.29. The van der Waals surface area contributed by atoms with Gasteiger partial charge in [0.05, 0.1) is 29.5 Å². The number of aromatic nitrogens is 4. The number of imidazole rings is 1. The van der Waals surface area contributed by atoms with Crippen LogP contribution in [0.4, 0.5) is 10.3 Å². The fraction of sp³-hybridized carbons (Fsp3) is 0.312. The van der Waals surface area contributed by atoms with Gasteiger partial charge in [-0.05, 0) is 37.5 Å². The molecule has 0 radical (unpaired) electrons. The molecule has 1 N–H and O–H groups in total. The van der Waals surface area contributed by atoms with Crippen molar-refractivity contribution in [2.24, 2.45) is 0 Å². The summed E-state index contributed by atoms with van der Waals surface area (Å²) in [7, 11) is 0. The van der Waals surface area contributed by atoms with Crippen LogP contribution in [0, 0.1) is 12.7 Å². The van der Waals surface area contributed by atoms with E-state index in [1.54, 1.807) is 0 Å². The zero-order chi connectivity index (χ0) is 15.1. The Balaban J connectivity index is 1.71. The van der Waals surface area contributed by atoms with Crippen molar-refractivity contribution in [3.05, 3.63) is 47.8 Å². The molecule has 112 valence electrons. The number of benzene rings is 1. The summed E-state index contributed by atoms with van der Waals surface area (Å²) in [5.41, 5.74) is 3.21. The van der Waals surface area contributed by atoms with Gasteiger partial charge in [0.2, 0.25) is 5.95 Å². The number of nitrogens with one attached hydrogen (secondary N) is 1. The Hall–Kier alpha value is -2.50. The van der Waals surface area contributed by atoms with Crippen molar-refractivity contribution in [3.63, 3.8) is 0 Å². The smallest absolute Gasteiger partial charge is 0.226 e. The molecule has 22 heavy (non-hydrogen) atoms. The predicted octanol–water partition coefficient (Wildman–Crippen LogP) is 3.14. The average Bonchev–Trinajstić information content (AvgIpc) is 3.13. The summed E-state index contributed by atoms with van der Waals surface area (Å²) < 4.78 is 13.0. The minimum Gasteiger partial charge on any atom is -0.340 e. The molecular weight excluding hydrogens is 281 g/mol. The number of hydrogen-bond acceptors (Lipinski definition) is 4. The summed E-state index contributed by atoms with van der Waals surface area (Å²) in [6.45, 7) is 2.92. The molecule has 3 aromatic rings. The van der Waals surface area contributed by atoms with Crippen LogP contribution in [0.2, 0.25) is 0 Å². The molecule has 1 aromatic carbocycles. The maximum absolute atomic E-state index is 13.0. The normalized spacial score (nSPS) is 18.3. The van der Waals surface area contributed by atoms with Crippen LogP contribution in [-0.2, 0) is 0 Å².